The van der Waals surface area contributed by atoms with E-state index in [0.717, 1.165) is 17.8 Å². The summed E-state index contributed by atoms with van der Waals surface area (Å²) >= 11 is 0. The van der Waals surface area contributed by atoms with E-state index in [9.17, 15) is 13.2 Å². The summed E-state index contributed by atoms with van der Waals surface area (Å²) in [6.45, 7) is 7.97. The van der Waals surface area contributed by atoms with Crippen molar-refractivity contribution in [2.45, 2.75) is 31.7 Å². The first kappa shape index (κ1) is 23.8. The Morgan fingerprint density at radius 2 is 1.74 bits per heavy atom. The number of pyridine rings is 1. The van der Waals surface area contributed by atoms with Gasteiger partial charge in [0, 0.05) is 44.6 Å². The molecule has 3 aromatic rings. The first-order valence-electron chi connectivity index (χ1n) is 11.3. The molecule has 1 amide bonds. The van der Waals surface area contributed by atoms with Gasteiger partial charge in [-0.05, 0) is 56.7 Å². The number of aromatic nitrogens is 1. The fourth-order valence-corrected chi connectivity index (χ4v) is 5.41. The second kappa shape index (κ2) is 9.46. The van der Waals surface area contributed by atoms with Gasteiger partial charge >= 0.3 is 0 Å². The number of carbonyl (C=O) groups excluding carboxylic acids is 1. The minimum Gasteiger partial charge on any atom is -0.365 e. The maximum atomic E-state index is 13.3. The SMILES string of the molecule is Cc1ccc(S(=O)(=O)N(C)c2cncc(C(=O)N3CCN(c4cccc(C)c4)C(C)C3)c2)cc1. The second-order valence-corrected chi connectivity index (χ2v) is 10.8. The molecular formula is C26H30N4O3S. The third-order valence-electron chi connectivity index (χ3n) is 6.26. The number of hydrogen-bond acceptors (Lipinski definition) is 5. The van der Waals surface area contributed by atoms with Crippen molar-refractivity contribution in [1.82, 2.24) is 9.88 Å². The van der Waals surface area contributed by atoms with Gasteiger partial charge in [-0.15, -0.1) is 0 Å². The largest absolute Gasteiger partial charge is 0.365 e. The first-order valence-corrected chi connectivity index (χ1v) is 12.7. The van der Waals surface area contributed by atoms with Crippen molar-refractivity contribution in [2.75, 3.05) is 35.9 Å². The molecule has 178 valence electrons. The molecule has 0 radical (unpaired) electrons. The van der Waals surface area contributed by atoms with Gasteiger partial charge in [-0.1, -0.05) is 29.8 Å². The van der Waals surface area contributed by atoms with Crippen LogP contribution in [0.1, 0.15) is 28.4 Å². The third-order valence-corrected chi connectivity index (χ3v) is 8.06. The van der Waals surface area contributed by atoms with Crippen molar-refractivity contribution in [3.05, 3.63) is 83.7 Å². The molecule has 1 fully saturated rings. The number of piperazine rings is 1. The molecule has 0 N–H and O–H groups in total. The van der Waals surface area contributed by atoms with Gasteiger partial charge in [-0.3, -0.25) is 14.1 Å². The third kappa shape index (κ3) is 4.77. The van der Waals surface area contributed by atoms with Crippen molar-refractivity contribution < 1.29 is 13.2 Å². The van der Waals surface area contributed by atoms with Gasteiger partial charge in [0.05, 0.1) is 22.3 Å². The average Bonchev–Trinajstić information content (AvgIpc) is 2.83. The van der Waals surface area contributed by atoms with Crippen LogP contribution in [-0.2, 0) is 10.0 Å². The van der Waals surface area contributed by atoms with Crippen LogP contribution in [0.25, 0.3) is 0 Å². The molecule has 0 saturated carbocycles. The molecule has 1 unspecified atom stereocenters. The predicted molar refractivity (Wildman–Crippen MR) is 135 cm³/mol. The Hall–Kier alpha value is -3.39. The van der Waals surface area contributed by atoms with Gasteiger partial charge in [-0.2, -0.15) is 0 Å². The maximum Gasteiger partial charge on any atom is 0.264 e. The summed E-state index contributed by atoms with van der Waals surface area (Å²) in [6.07, 6.45) is 2.95. The van der Waals surface area contributed by atoms with Gasteiger partial charge in [0.2, 0.25) is 0 Å². The summed E-state index contributed by atoms with van der Waals surface area (Å²) in [5, 5.41) is 0. The first-order chi connectivity index (χ1) is 16.2. The molecule has 34 heavy (non-hydrogen) atoms. The summed E-state index contributed by atoms with van der Waals surface area (Å²) < 4.78 is 27.3. The van der Waals surface area contributed by atoms with E-state index in [1.165, 1.54) is 29.3 Å². The lowest BCUT2D eigenvalue weighted by Gasteiger charge is -2.41. The minimum atomic E-state index is -3.76. The highest BCUT2D eigenvalue weighted by Crippen LogP contribution is 2.25. The average molecular weight is 479 g/mol. The predicted octanol–water partition coefficient (Wildman–Crippen LogP) is 3.87. The van der Waals surface area contributed by atoms with Crippen LogP contribution in [0, 0.1) is 13.8 Å². The molecule has 2 heterocycles. The fraction of sp³-hybridized carbons (Fsp3) is 0.308. The van der Waals surface area contributed by atoms with Crippen molar-refractivity contribution in [2.24, 2.45) is 0 Å². The van der Waals surface area contributed by atoms with E-state index in [2.05, 4.69) is 41.9 Å². The topological polar surface area (TPSA) is 73.8 Å². The highest BCUT2D eigenvalue weighted by Gasteiger charge is 2.29. The summed E-state index contributed by atoms with van der Waals surface area (Å²) in [6, 6.07) is 16.8. The van der Waals surface area contributed by atoms with E-state index < -0.39 is 10.0 Å². The van der Waals surface area contributed by atoms with Crippen molar-refractivity contribution in [3.8, 4) is 0 Å². The number of sulfonamides is 1. The van der Waals surface area contributed by atoms with E-state index >= 15 is 0 Å². The van der Waals surface area contributed by atoms with Crippen LogP contribution in [0.5, 0.6) is 0 Å². The number of aryl methyl sites for hydroxylation is 2. The van der Waals surface area contributed by atoms with Crippen LogP contribution in [0.4, 0.5) is 11.4 Å². The Bertz CT molecular complexity index is 1290. The number of hydrogen-bond donors (Lipinski definition) is 0. The van der Waals surface area contributed by atoms with Gasteiger partial charge < -0.3 is 9.80 Å². The zero-order valence-corrected chi connectivity index (χ0v) is 20.8. The number of anilines is 2. The van der Waals surface area contributed by atoms with Crippen molar-refractivity contribution in [3.63, 3.8) is 0 Å². The highest BCUT2D eigenvalue weighted by molar-refractivity contribution is 7.92. The summed E-state index contributed by atoms with van der Waals surface area (Å²) in [5.41, 5.74) is 4.06. The van der Waals surface area contributed by atoms with E-state index in [-0.39, 0.29) is 16.8 Å². The summed E-state index contributed by atoms with van der Waals surface area (Å²) in [5.74, 6) is -0.147. The molecule has 1 aromatic heterocycles. The van der Waals surface area contributed by atoms with Gasteiger partial charge in [0.25, 0.3) is 15.9 Å². The van der Waals surface area contributed by atoms with Crippen LogP contribution in [-0.4, -0.2) is 56.9 Å². The lowest BCUT2D eigenvalue weighted by molar-refractivity contribution is 0.0726. The van der Waals surface area contributed by atoms with Crippen LogP contribution in [0.15, 0.2) is 71.9 Å². The monoisotopic (exact) mass is 478 g/mol. The minimum absolute atomic E-state index is 0.147. The van der Waals surface area contributed by atoms with Gasteiger partial charge in [-0.25, -0.2) is 8.42 Å². The molecule has 0 bridgehead atoms. The van der Waals surface area contributed by atoms with E-state index in [0.29, 0.717) is 24.3 Å². The number of rotatable bonds is 5. The Labute approximate surface area is 201 Å². The van der Waals surface area contributed by atoms with Gasteiger partial charge in [0.1, 0.15) is 0 Å². The highest BCUT2D eigenvalue weighted by atomic mass is 32.2. The summed E-state index contributed by atoms with van der Waals surface area (Å²) in [4.78, 5) is 21.8. The maximum absolute atomic E-state index is 13.3. The molecular weight excluding hydrogens is 448 g/mol. The zero-order valence-electron chi connectivity index (χ0n) is 20.0. The molecule has 1 atom stereocenters. The van der Waals surface area contributed by atoms with E-state index in [1.54, 1.807) is 30.3 Å². The number of carbonyl (C=O) groups is 1. The van der Waals surface area contributed by atoms with Crippen molar-refractivity contribution >= 4 is 27.3 Å². The molecule has 1 aliphatic rings. The lowest BCUT2D eigenvalue weighted by atomic mass is 10.1. The smallest absolute Gasteiger partial charge is 0.264 e. The molecule has 0 spiro atoms. The van der Waals surface area contributed by atoms with E-state index in [1.807, 2.05) is 17.9 Å². The normalized spacial score (nSPS) is 16.4. The Morgan fingerprint density at radius 3 is 2.41 bits per heavy atom. The Balaban J connectivity index is 1.50. The molecule has 8 heteroatoms. The molecule has 1 saturated heterocycles. The van der Waals surface area contributed by atoms with Crippen LogP contribution >= 0.6 is 0 Å². The standard InChI is InChI=1S/C26H30N4O3S/c1-19-8-10-25(11-9-19)34(32,33)28(4)24-15-22(16-27-17-24)26(31)29-12-13-30(21(3)18-29)23-7-5-6-20(2)14-23/h5-11,14-17,21H,12-13,18H2,1-4H3. The van der Waals surface area contributed by atoms with Crippen LogP contribution in [0.3, 0.4) is 0 Å². The van der Waals surface area contributed by atoms with E-state index in [4.69, 9.17) is 0 Å². The van der Waals surface area contributed by atoms with Gasteiger partial charge in [0.15, 0.2) is 0 Å². The molecule has 4 rings (SSSR count). The molecule has 2 aromatic carbocycles. The zero-order chi connectivity index (χ0) is 24.5. The number of benzene rings is 2. The number of amides is 1. The second-order valence-electron chi connectivity index (χ2n) is 8.85. The molecule has 7 nitrogen and oxygen atoms in total. The van der Waals surface area contributed by atoms with Crippen LogP contribution in [0.2, 0.25) is 0 Å². The lowest BCUT2D eigenvalue weighted by Crippen LogP contribution is -2.53. The van der Waals surface area contributed by atoms with Crippen LogP contribution < -0.4 is 9.21 Å². The fourth-order valence-electron chi connectivity index (χ4n) is 4.24. The number of nitrogens with zero attached hydrogens (tertiary/aromatic N) is 4. The summed E-state index contributed by atoms with van der Waals surface area (Å²) in [7, 11) is -2.29. The molecule has 0 aliphatic carbocycles. The molecule has 1 aliphatic heterocycles. The quantitative estimate of drug-likeness (QED) is 0.557. The Kier molecular flexibility index (Phi) is 6.61. The Morgan fingerprint density at radius 1 is 1.00 bits per heavy atom. The van der Waals surface area contributed by atoms with Crippen molar-refractivity contribution in [1.29, 1.82) is 0 Å².